The number of rotatable bonds is 5. The summed E-state index contributed by atoms with van der Waals surface area (Å²) in [5, 5.41) is 25.1. The number of nitriles is 1. The van der Waals surface area contributed by atoms with Crippen LogP contribution in [0.1, 0.15) is 60.8 Å². The lowest BCUT2D eigenvalue weighted by Gasteiger charge is -2.57. The third kappa shape index (κ3) is 3.87. The molecule has 36 heavy (non-hydrogen) atoms. The molecule has 1 aromatic heterocycles. The molecule has 4 fully saturated rings. The molecule has 3 aromatic rings. The molecule has 1 heterocycles. The predicted octanol–water partition coefficient (Wildman–Crippen LogP) is 5.24. The molecule has 4 aliphatic rings. The smallest absolute Gasteiger partial charge is 0.270 e. The summed E-state index contributed by atoms with van der Waals surface area (Å²) >= 11 is 0. The molecule has 2 aromatic carbocycles. The summed E-state index contributed by atoms with van der Waals surface area (Å²) in [5.41, 5.74) is 6.04. The third-order valence-electron chi connectivity index (χ3n) is 8.35. The van der Waals surface area contributed by atoms with Gasteiger partial charge < -0.3 is 5.11 Å². The maximum Gasteiger partial charge on any atom is 0.270 e. The number of aromatic amines is 1. The Hall–Kier alpha value is -3.92. The Morgan fingerprint density at radius 2 is 1.81 bits per heavy atom. The van der Waals surface area contributed by atoms with Gasteiger partial charge in [-0.15, -0.1) is 0 Å². The van der Waals surface area contributed by atoms with Gasteiger partial charge in [-0.05, 0) is 80.2 Å². The van der Waals surface area contributed by atoms with Crippen LogP contribution in [0.3, 0.4) is 0 Å². The quantitative estimate of drug-likeness (QED) is 0.342. The van der Waals surface area contributed by atoms with Crippen LogP contribution in [-0.2, 0) is 5.41 Å². The normalized spacial score (nSPS) is 26.3. The average molecular weight is 480 g/mol. The van der Waals surface area contributed by atoms with Crippen molar-refractivity contribution in [2.75, 3.05) is 5.43 Å². The van der Waals surface area contributed by atoms with E-state index in [9.17, 15) is 15.2 Å². The number of hydrazone groups is 1. The highest BCUT2D eigenvalue weighted by atomic mass is 16.3. The zero-order valence-corrected chi connectivity index (χ0v) is 20.3. The maximum atomic E-state index is 12.5. The molecule has 4 saturated carbocycles. The molecule has 182 valence electrons. The molecule has 0 radical (unpaired) electrons. The number of phenols is 1. The van der Waals surface area contributed by atoms with Crippen molar-refractivity contribution in [3.63, 3.8) is 0 Å². The molecule has 7 nitrogen and oxygen atoms in total. The number of nitrogens with one attached hydrogen (secondary N) is 2. The van der Waals surface area contributed by atoms with Crippen molar-refractivity contribution in [1.82, 2.24) is 9.97 Å². The van der Waals surface area contributed by atoms with Crippen LogP contribution in [0.5, 0.6) is 5.75 Å². The van der Waals surface area contributed by atoms with Crippen LogP contribution < -0.4 is 11.0 Å². The topological polar surface area (TPSA) is 114 Å². The lowest BCUT2D eigenvalue weighted by atomic mass is 9.48. The van der Waals surface area contributed by atoms with E-state index in [4.69, 9.17) is 0 Å². The summed E-state index contributed by atoms with van der Waals surface area (Å²) in [5.74, 6) is 2.79. The van der Waals surface area contributed by atoms with Gasteiger partial charge >= 0.3 is 0 Å². The van der Waals surface area contributed by atoms with E-state index < -0.39 is 5.56 Å². The van der Waals surface area contributed by atoms with Crippen molar-refractivity contribution < 1.29 is 5.11 Å². The fourth-order valence-electron chi connectivity index (χ4n) is 7.35. The number of aromatic nitrogens is 2. The minimum Gasteiger partial charge on any atom is -0.507 e. The van der Waals surface area contributed by atoms with Gasteiger partial charge in [0.05, 0.1) is 11.9 Å². The molecule has 7 rings (SSSR count). The highest BCUT2D eigenvalue weighted by molar-refractivity contribution is 5.85. The first kappa shape index (κ1) is 22.5. The Labute approximate surface area is 209 Å². The van der Waals surface area contributed by atoms with Crippen LogP contribution >= 0.6 is 0 Å². The molecule has 4 bridgehead atoms. The summed E-state index contributed by atoms with van der Waals surface area (Å²) < 4.78 is 0. The van der Waals surface area contributed by atoms with Crippen molar-refractivity contribution in [1.29, 1.82) is 5.26 Å². The monoisotopic (exact) mass is 479 g/mol. The highest BCUT2D eigenvalue weighted by Gasteiger charge is 2.52. The number of nitrogens with zero attached hydrogens (tertiary/aromatic N) is 3. The van der Waals surface area contributed by atoms with Gasteiger partial charge in [0.15, 0.2) is 0 Å². The molecule has 0 unspecified atom stereocenters. The molecular formula is C29H29N5O2. The second kappa shape index (κ2) is 8.63. The zero-order valence-electron chi connectivity index (χ0n) is 20.3. The summed E-state index contributed by atoms with van der Waals surface area (Å²) in [7, 11) is 0. The van der Waals surface area contributed by atoms with Crippen LogP contribution in [0.25, 0.3) is 11.3 Å². The number of hydrogen-bond donors (Lipinski definition) is 3. The SMILES string of the molecule is Cc1cc(C=NNc2nc(-c3ccccc3)c(C#N)c(=O)[nH]2)c(O)c(C23CC4CC(CC(C4)C2)C3)c1. The van der Waals surface area contributed by atoms with E-state index in [0.29, 0.717) is 22.6 Å². The van der Waals surface area contributed by atoms with Gasteiger partial charge in [0.1, 0.15) is 17.4 Å². The highest BCUT2D eigenvalue weighted by Crippen LogP contribution is 2.62. The summed E-state index contributed by atoms with van der Waals surface area (Å²) in [4.78, 5) is 19.5. The Morgan fingerprint density at radius 1 is 1.14 bits per heavy atom. The molecule has 0 aliphatic heterocycles. The van der Waals surface area contributed by atoms with E-state index >= 15 is 0 Å². The van der Waals surface area contributed by atoms with Crippen molar-refractivity contribution in [3.8, 4) is 23.1 Å². The fraction of sp³-hybridized carbons (Fsp3) is 0.379. The van der Waals surface area contributed by atoms with Crippen LogP contribution in [0, 0.1) is 36.0 Å². The van der Waals surface area contributed by atoms with E-state index in [-0.39, 0.29) is 16.9 Å². The molecular weight excluding hydrogens is 450 g/mol. The maximum absolute atomic E-state index is 12.5. The van der Waals surface area contributed by atoms with Crippen LogP contribution in [0.15, 0.2) is 52.4 Å². The summed E-state index contributed by atoms with van der Waals surface area (Å²) in [6.45, 7) is 2.06. The van der Waals surface area contributed by atoms with Crippen molar-refractivity contribution >= 4 is 12.2 Å². The largest absolute Gasteiger partial charge is 0.507 e. The molecule has 0 atom stereocenters. The second-order valence-corrected chi connectivity index (χ2v) is 10.9. The fourth-order valence-corrected chi connectivity index (χ4v) is 7.35. The van der Waals surface area contributed by atoms with Gasteiger partial charge in [-0.1, -0.05) is 36.4 Å². The molecule has 0 saturated heterocycles. The lowest BCUT2D eigenvalue weighted by Crippen LogP contribution is -2.48. The number of aromatic hydroxyl groups is 1. The van der Waals surface area contributed by atoms with E-state index in [2.05, 4.69) is 33.5 Å². The standard InChI is InChI=1S/C29H29N5O2/c1-17-7-22(26(35)24(8-17)29-12-18-9-19(13-29)11-20(10-18)14-29)16-31-34-28-32-25(21-5-3-2-4-6-21)23(15-30)27(36)33-28/h2-8,16,18-20,35H,9-14H2,1H3,(H2,32,33,34,36). The first-order valence-corrected chi connectivity index (χ1v) is 12.7. The second-order valence-electron chi connectivity index (χ2n) is 10.9. The number of aryl methyl sites for hydroxylation is 1. The minimum absolute atomic E-state index is 0.0488. The van der Waals surface area contributed by atoms with Crippen LogP contribution in [0.4, 0.5) is 5.95 Å². The van der Waals surface area contributed by atoms with E-state index in [1.165, 1.54) is 38.5 Å². The van der Waals surface area contributed by atoms with Gasteiger partial charge in [-0.2, -0.15) is 10.4 Å². The minimum atomic E-state index is -0.536. The number of hydrogen-bond acceptors (Lipinski definition) is 6. The molecule has 0 amide bonds. The first-order valence-electron chi connectivity index (χ1n) is 12.7. The lowest BCUT2D eigenvalue weighted by molar-refractivity contribution is -0.00616. The van der Waals surface area contributed by atoms with E-state index in [0.717, 1.165) is 28.9 Å². The third-order valence-corrected chi connectivity index (χ3v) is 8.35. The van der Waals surface area contributed by atoms with Crippen molar-refractivity contribution in [2.24, 2.45) is 22.9 Å². The van der Waals surface area contributed by atoms with Gasteiger partial charge in [0, 0.05) is 16.7 Å². The molecule has 3 N–H and O–H groups in total. The number of phenolic OH excluding ortho intramolecular Hbond substituents is 1. The van der Waals surface area contributed by atoms with Gasteiger partial charge in [-0.25, -0.2) is 10.4 Å². The van der Waals surface area contributed by atoms with Crippen molar-refractivity contribution in [2.45, 2.75) is 50.9 Å². The Balaban J connectivity index is 1.30. The Bertz CT molecular complexity index is 1420. The number of H-pyrrole nitrogens is 1. The van der Waals surface area contributed by atoms with Crippen LogP contribution in [0.2, 0.25) is 0 Å². The molecule has 0 spiro atoms. The van der Waals surface area contributed by atoms with E-state index in [1.54, 1.807) is 18.3 Å². The van der Waals surface area contributed by atoms with Crippen molar-refractivity contribution in [3.05, 3.63) is 75.1 Å². The Morgan fingerprint density at radius 3 is 2.44 bits per heavy atom. The number of anilines is 1. The molecule has 4 aliphatic carbocycles. The Kier molecular flexibility index (Phi) is 5.40. The van der Waals surface area contributed by atoms with Gasteiger partial charge in [-0.3, -0.25) is 9.78 Å². The van der Waals surface area contributed by atoms with Gasteiger partial charge in [0.2, 0.25) is 5.95 Å². The number of benzene rings is 2. The van der Waals surface area contributed by atoms with Gasteiger partial charge in [0.25, 0.3) is 5.56 Å². The van der Waals surface area contributed by atoms with E-state index in [1.807, 2.05) is 30.3 Å². The first-order chi connectivity index (χ1) is 17.4. The predicted molar refractivity (Wildman–Crippen MR) is 139 cm³/mol. The molecule has 7 heteroatoms. The zero-order chi connectivity index (χ0) is 24.9. The summed E-state index contributed by atoms with van der Waals surface area (Å²) in [6.07, 6.45) is 9.14. The van der Waals surface area contributed by atoms with Crippen LogP contribution in [-0.4, -0.2) is 21.3 Å². The average Bonchev–Trinajstić information content (AvgIpc) is 2.85. The summed E-state index contributed by atoms with van der Waals surface area (Å²) in [6, 6.07) is 15.1.